The van der Waals surface area contributed by atoms with Crippen LogP contribution in [0, 0.1) is 0 Å². The van der Waals surface area contributed by atoms with Gasteiger partial charge in [0.05, 0.1) is 12.1 Å². The van der Waals surface area contributed by atoms with Crippen LogP contribution in [0.5, 0.6) is 0 Å². The number of rotatable bonds is 0. The number of fused-ring (bicyclic) bond motifs is 2. The Kier molecular flexibility index (Phi) is 1.60. The quantitative estimate of drug-likeness (QED) is 0.583. The second-order valence-electron chi connectivity index (χ2n) is 4.78. The average Bonchev–Trinajstić information content (AvgIpc) is 2.80. The molecular formula is C10H18N4. The maximum Gasteiger partial charge on any atom is 0.191 e. The molecule has 14 heavy (non-hydrogen) atoms. The zero-order valence-corrected chi connectivity index (χ0v) is 8.74. The van der Waals surface area contributed by atoms with Crippen LogP contribution in [0.4, 0.5) is 0 Å². The molecule has 0 aromatic rings. The summed E-state index contributed by atoms with van der Waals surface area (Å²) in [4.78, 5) is 9.25. The van der Waals surface area contributed by atoms with Crippen LogP contribution in [0.15, 0.2) is 4.99 Å². The van der Waals surface area contributed by atoms with Gasteiger partial charge in [0.2, 0.25) is 0 Å². The molecule has 0 saturated carbocycles. The summed E-state index contributed by atoms with van der Waals surface area (Å²) >= 11 is 0. The number of hydrogen-bond donors (Lipinski definition) is 1. The molecule has 1 spiro atoms. The zero-order chi connectivity index (χ0) is 9.76. The molecule has 4 heteroatoms. The summed E-state index contributed by atoms with van der Waals surface area (Å²) in [6.45, 7) is 3.43. The highest BCUT2D eigenvalue weighted by Gasteiger charge is 2.54. The van der Waals surface area contributed by atoms with Gasteiger partial charge in [-0.1, -0.05) is 0 Å². The Morgan fingerprint density at radius 3 is 3.07 bits per heavy atom. The molecule has 2 saturated heterocycles. The third-order valence-electron chi connectivity index (χ3n) is 4.34. The first-order valence-electron chi connectivity index (χ1n) is 5.52. The number of likely N-dealkylation sites (N-methyl/N-ethyl adjacent to an activating group) is 1. The van der Waals surface area contributed by atoms with Crippen molar-refractivity contribution in [3.63, 3.8) is 0 Å². The number of guanidine groups is 1. The lowest BCUT2D eigenvalue weighted by molar-refractivity contribution is 0.171. The lowest BCUT2D eigenvalue weighted by atomic mass is 9.88. The maximum absolute atomic E-state index is 5.87. The molecule has 3 aliphatic rings. The van der Waals surface area contributed by atoms with Gasteiger partial charge in [-0.25, -0.2) is 0 Å². The highest BCUT2D eigenvalue weighted by molar-refractivity contribution is 5.81. The van der Waals surface area contributed by atoms with Crippen LogP contribution in [-0.4, -0.2) is 54.0 Å². The fraction of sp³-hybridized carbons (Fsp3) is 0.900. The number of nitrogens with zero attached hydrogens (tertiary/aromatic N) is 3. The van der Waals surface area contributed by atoms with E-state index in [1.54, 1.807) is 0 Å². The van der Waals surface area contributed by atoms with Crippen molar-refractivity contribution in [1.29, 1.82) is 0 Å². The molecule has 0 radical (unpaired) electrons. The minimum atomic E-state index is 0.251. The minimum Gasteiger partial charge on any atom is -0.370 e. The van der Waals surface area contributed by atoms with E-state index in [4.69, 9.17) is 5.73 Å². The van der Waals surface area contributed by atoms with Crippen molar-refractivity contribution in [2.45, 2.75) is 30.8 Å². The van der Waals surface area contributed by atoms with E-state index in [9.17, 15) is 0 Å². The fourth-order valence-corrected chi connectivity index (χ4v) is 3.44. The second kappa shape index (κ2) is 2.63. The molecule has 0 amide bonds. The van der Waals surface area contributed by atoms with Gasteiger partial charge in [-0.3, -0.25) is 9.89 Å². The average molecular weight is 194 g/mol. The third-order valence-corrected chi connectivity index (χ3v) is 4.34. The first-order chi connectivity index (χ1) is 6.74. The summed E-state index contributed by atoms with van der Waals surface area (Å²) in [5.74, 6) is 0.735. The maximum atomic E-state index is 5.87. The summed E-state index contributed by atoms with van der Waals surface area (Å²) in [6, 6.07) is 0.706. The topological polar surface area (TPSA) is 44.9 Å². The van der Waals surface area contributed by atoms with Crippen LogP contribution < -0.4 is 5.73 Å². The molecule has 2 unspecified atom stereocenters. The summed E-state index contributed by atoms with van der Waals surface area (Å²) in [5.41, 5.74) is 6.12. The number of hydrogen-bond acceptors (Lipinski definition) is 4. The number of aliphatic imine (C=N–C) groups is 1. The van der Waals surface area contributed by atoms with E-state index in [1.807, 2.05) is 0 Å². The van der Waals surface area contributed by atoms with E-state index < -0.39 is 0 Å². The van der Waals surface area contributed by atoms with Gasteiger partial charge in [0.1, 0.15) is 0 Å². The Morgan fingerprint density at radius 2 is 2.36 bits per heavy atom. The smallest absolute Gasteiger partial charge is 0.191 e. The van der Waals surface area contributed by atoms with Crippen molar-refractivity contribution in [2.24, 2.45) is 10.7 Å². The van der Waals surface area contributed by atoms with Crippen molar-refractivity contribution in [3.8, 4) is 0 Å². The summed E-state index contributed by atoms with van der Waals surface area (Å²) in [7, 11) is 2.10. The Morgan fingerprint density at radius 1 is 1.50 bits per heavy atom. The van der Waals surface area contributed by atoms with Gasteiger partial charge in [0.25, 0.3) is 0 Å². The van der Waals surface area contributed by atoms with Crippen molar-refractivity contribution in [2.75, 3.05) is 26.7 Å². The highest BCUT2D eigenvalue weighted by atomic mass is 15.4. The van der Waals surface area contributed by atoms with Gasteiger partial charge in [-0.15, -0.1) is 0 Å². The van der Waals surface area contributed by atoms with Crippen molar-refractivity contribution >= 4 is 5.96 Å². The Bertz CT molecular complexity index is 288. The molecule has 2 N–H and O–H groups in total. The van der Waals surface area contributed by atoms with E-state index in [0.717, 1.165) is 12.5 Å². The normalized spacial score (nSPS) is 42.2. The zero-order valence-electron chi connectivity index (χ0n) is 8.74. The number of nitrogens with two attached hydrogens (primary N) is 1. The monoisotopic (exact) mass is 194 g/mol. The molecule has 2 atom stereocenters. The van der Waals surface area contributed by atoms with E-state index in [-0.39, 0.29) is 5.54 Å². The predicted molar refractivity (Wildman–Crippen MR) is 56.2 cm³/mol. The molecule has 78 valence electrons. The summed E-state index contributed by atoms with van der Waals surface area (Å²) in [6.07, 6.45) is 3.91. The molecule has 0 bridgehead atoms. The minimum absolute atomic E-state index is 0.251. The fourth-order valence-electron chi connectivity index (χ4n) is 3.44. The first-order valence-corrected chi connectivity index (χ1v) is 5.52. The van der Waals surface area contributed by atoms with Crippen LogP contribution in [0.2, 0.25) is 0 Å². The van der Waals surface area contributed by atoms with Gasteiger partial charge < -0.3 is 10.6 Å². The predicted octanol–water partition coefficient (Wildman–Crippen LogP) is -0.147. The summed E-state index contributed by atoms with van der Waals surface area (Å²) in [5, 5.41) is 0. The largest absolute Gasteiger partial charge is 0.370 e. The van der Waals surface area contributed by atoms with Gasteiger partial charge >= 0.3 is 0 Å². The van der Waals surface area contributed by atoms with Gasteiger partial charge in [-0.2, -0.15) is 0 Å². The highest BCUT2D eigenvalue weighted by Crippen LogP contribution is 2.41. The van der Waals surface area contributed by atoms with Gasteiger partial charge in [0.15, 0.2) is 5.96 Å². The van der Waals surface area contributed by atoms with E-state index in [0.29, 0.717) is 6.04 Å². The van der Waals surface area contributed by atoms with Crippen LogP contribution >= 0.6 is 0 Å². The second-order valence-corrected chi connectivity index (χ2v) is 4.78. The molecule has 0 aromatic carbocycles. The molecule has 3 heterocycles. The molecule has 0 aromatic heterocycles. The van der Waals surface area contributed by atoms with E-state index >= 15 is 0 Å². The van der Waals surface area contributed by atoms with Crippen LogP contribution in [0.1, 0.15) is 19.3 Å². The standard InChI is InChI=1S/C10H18N4/c1-13-9(11)12-7-10(13)4-6-14-5-2-3-8(10)14/h8H,2-7H2,1H3,(H2,11,12). The lowest BCUT2D eigenvalue weighted by Gasteiger charge is -2.38. The summed E-state index contributed by atoms with van der Waals surface area (Å²) < 4.78 is 0. The van der Waals surface area contributed by atoms with Crippen molar-refractivity contribution in [1.82, 2.24) is 9.80 Å². The molecular weight excluding hydrogens is 176 g/mol. The Balaban J connectivity index is 1.91. The Hall–Kier alpha value is -0.770. The molecule has 2 fully saturated rings. The lowest BCUT2D eigenvalue weighted by Crippen LogP contribution is -2.55. The van der Waals surface area contributed by atoms with Gasteiger partial charge in [-0.05, 0) is 25.8 Å². The van der Waals surface area contributed by atoms with Crippen LogP contribution in [-0.2, 0) is 0 Å². The third kappa shape index (κ3) is 0.848. The Labute approximate surface area is 84.8 Å². The van der Waals surface area contributed by atoms with E-state index in [2.05, 4.69) is 21.8 Å². The molecule has 3 aliphatic heterocycles. The van der Waals surface area contributed by atoms with Crippen LogP contribution in [0.25, 0.3) is 0 Å². The van der Waals surface area contributed by atoms with Crippen molar-refractivity contribution in [3.05, 3.63) is 0 Å². The first kappa shape index (κ1) is 8.53. The SMILES string of the molecule is CN1C(N)=NCC12CCN1CCCC12. The molecule has 0 aliphatic carbocycles. The van der Waals surface area contributed by atoms with Crippen LogP contribution in [0.3, 0.4) is 0 Å². The van der Waals surface area contributed by atoms with Gasteiger partial charge in [0, 0.05) is 19.6 Å². The molecule has 3 rings (SSSR count). The van der Waals surface area contributed by atoms with Crippen molar-refractivity contribution < 1.29 is 0 Å². The molecule has 4 nitrogen and oxygen atoms in total. The van der Waals surface area contributed by atoms with E-state index in [1.165, 1.54) is 32.4 Å².